The van der Waals surface area contributed by atoms with Crippen LogP contribution in [0.3, 0.4) is 0 Å². The second kappa shape index (κ2) is 9.72. The minimum absolute atomic E-state index is 0.325. The molecule has 0 amide bonds. The van der Waals surface area contributed by atoms with Gasteiger partial charge in [0.15, 0.2) is 9.84 Å². The standard InChI is InChI=1S/C23H30FNO3S/c1-18(24)11-14-25-15-12-19(13-16-25)17-28-22-7-3-20(4-8-22)21-5-9-23(10-6-21)29(2,26)27/h3-10,18-19H,11-17H2,1-2H3. The van der Waals surface area contributed by atoms with E-state index in [-0.39, 0.29) is 0 Å². The van der Waals surface area contributed by atoms with Crippen molar-refractivity contribution in [2.24, 2.45) is 5.92 Å². The van der Waals surface area contributed by atoms with Crippen molar-refractivity contribution >= 4 is 9.84 Å². The summed E-state index contributed by atoms with van der Waals surface area (Å²) < 4.78 is 42.1. The van der Waals surface area contributed by atoms with Gasteiger partial charge in [0.1, 0.15) is 5.75 Å². The third-order valence-corrected chi connectivity index (χ3v) is 6.63. The fourth-order valence-electron chi connectivity index (χ4n) is 3.59. The molecule has 0 aliphatic carbocycles. The van der Waals surface area contributed by atoms with E-state index >= 15 is 0 Å². The predicted molar refractivity (Wildman–Crippen MR) is 115 cm³/mol. The van der Waals surface area contributed by atoms with E-state index in [2.05, 4.69) is 4.90 Å². The lowest BCUT2D eigenvalue weighted by Gasteiger charge is -2.31. The fourth-order valence-corrected chi connectivity index (χ4v) is 4.22. The smallest absolute Gasteiger partial charge is 0.175 e. The molecule has 0 N–H and O–H groups in total. The zero-order valence-corrected chi connectivity index (χ0v) is 18.0. The van der Waals surface area contributed by atoms with E-state index in [9.17, 15) is 12.8 Å². The van der Waals surface area contributed by atoms with Gasteiger partial charge in [-0.1, -0.05) is 24.3 Å². The second-order valence-corrected chi connectivity index (χ2v) is 10.0. The Hall–Kier alpha value is -1.92. The number of piperidine rings is 1. The van der Waals surface area contributed by atoms with Crippen molar-refractivity contribution in [2.75, 3.05) is 32.5 Å². The first-order chi connectivity index (χ1) is 13.8. The van der Waals surface area contributed by atoms with Crippen molar-refractivity contribution < 1.29 is 17.5 Å². The van der Waals surface area contributed by atoms with E-state index < -0.39 is 16.0 Å². The van der Waals surface area contributed by atoms with Crippen molar-refractivity contribution in [3.05, 3.63) is 48.5 Å². The van der Waals surface area contributed by atoms with E-state index in [1.807, 2.05) is 36.4 Å². The lowest BCUT2D eigenvalue weighted by Crippen LogP contribution is -2.36. The van der Waals surface area contributed by atoms with Gasteiger partial charge < -0.3 is 9.64 Å². The highest BCUT2D eigenvalue weighted by Crippen LogP contribution is 2.25. The molecule has 0 aromatic heterocycles. The number of sulfone groups is 1. The third-order valence-electron chi connectivity index (χ3n) is 5.51. The number of nitrogens with zero attached hydrogens (tertiary/aromatic N) is 1. The van der Waals surface area contributed by atoms with Crippen molar-refractivity contribution in [1.29, 1.82) is 0 Å². The Labute approximate surface area is 173 Å². The number of ether oxygens (including phenoxy) is 1. The number of hydrogen-bond donors (Lipinski definition) is 0. The molecule has 1 heterocycles. The average molecular weight is 420 g/mol. The zero-order valence-electron chi connectivity index (χ0n) is 17.2. The quantitative estimate of drug-likeness (QED) is 0.628. The van der Waals surface area contributed by atoms with Crippen molar-refractivity contribution in [1.82, 2.24) is 4.90 Å². The maximum atomic E-state index is 13.0. The minimum atomic E-state index is -3.18. The van der Waals surface area contributed by atoms with Crippen LogP contribution in [0.2, 0.25) is 0 Å². The fraction of sp³-hybridized carbons (Fsp3) is 0.478. The molecule has 2 aromatic rings. The molecule has 0 radical (unpaired) electrons. The van der Waals surface area contributed by atoms with Crippen LogP contribution in [0.1, 0.15) is 26.2 Å². The summed E-state index contributed by atoms with van der Waals surface area (Å²) in [5.74, 6) is 1.38. The summed E-state index contributed by atoms with van der Waals surface area (Å²) >= 11 is 0. The van der Waals surface area contributed by atoms with Crippen molar-refractivity contribution in [3.8, 4) is 16.9 Å². The summed E-state index contributed by atoms with van der Waals surface area (Å²) in [6, 6.07) is 14.8. The van der Waals surface area contributed by atoms with Crippen LogP contribution < -0.4 is 4.74 Å². The number of alkyl halides is 1. The molecule has 6 heteroatoms. The molecule has 158 valence electrons. The summed E-state index contributed by atoms with van der Waals surface area (Å²) in [7, 11) is -3.18. The molecule has 4 nitrogen and oxygen atoms in total. The van der Waals surface area contributed by atoms with E-state index in [1.54, 1.807) is 19.1 Å². The summed E-state index contributed by atoms with van der Waals surface area (Å²) in [6.07, 6.45) is 3.28. The van der Waals surface area contributed by atoms with Crippen molar-refractivity contribution in [3.63, 3.8) is 0 Å². The van der Waals surface area contributed by atoms with Crippen LogP contribution in [0.15, 0.2) is 53.4 Å². The zero-order chi connectivity index (χ0) is 20.9. The van der Waals surface area contributed by atoms with Crippen molar-refractivity contribution in [2.45, 2.75) is 37.3 Å². The Bertz CT molecular complexity index is 871. The monoisotopic (exact) mass is 419 g/mol. The molecule has 1 fully saturated rings. The largest absolute Gasteiger partial charge is 0.493 e. The molecule has 2 aromatic carbocycles. The van der Waals surface area contributed by atoms with Gasteiger partial charge >= 0.3 is 0 Å². The SMILES string of the molecule is CC(F)CCN1CCC(COc2ccc(-c3ccc(S(C)(=O)=O)cc3)cc2)CC1. The van der Waals surface area contributed by atoms with Gasteiger partial charge in [0, 0.05) is 12.8 Å². The second-order valence-electron chi connectivity index (χ2n) is 7.99. The van der Waals surface area contributed by atoms with Crippen LogP contribution in [0.25, 0.3) is 11.1 Å². The number of hydrogen-bond acceptors (Lipinski definition) is 4. The molecule has 0 bridgehead atoms. The Kier molecular flexibility index (Phi) is 7.30. The molecule has 1 saturated heterocycles. The van der Waals surface area contributed by atoms with E-state index in [0.717, 1.165) is 49.4 Å². The molecule has 1 aliphatic rings. The first kappa shape index (κ1) is 21.8. The van der Waals surface area contributed by atoms with Crippen LogP contribution in [0.5, 0.6) is 5.75 Å². The van der Waals surface area contributed by atoms with Gasteiger partial charge in [0.2, 0.25) is 0 Å². The average Bonchev–Trinajstić information content (AvgIpc) is 2.71. The Morgan fingerprint density at radius 1 is 1.03 bits per heavy atom. The van der Waals surface area contributed by atoms with E-state index in [0.29, 0.717) is 23.8 Å². The lowest BCUT2D eigenvalue weighted by molar-refractivity contribution is 0.133. The number of halogens is 1. The summed E-state index contributed by atoms with van der Waals surface area (Å²) in [5, 5.41) is 0. The van der Waals surface area contributed by atoms with E-state index in [4.69, 9.17) is 4.74 Å². The Morgan fingerprint density at radius 3 is 2.10 bits per heavy atom. The van der Waals surface area contributed by atoms with Gasteiger partial charge in [-0.2, -0.15) is 0 Å². The van der Waals surface area contributed by atoms with Gasteiger partial charge in [-0.05, 0) is 80.6 Å². The highest BCUT2D eigenvalue weighted by molar-refractivity contribution is 7.90. The normalized spacial score (nSPS) is 17.2. The number of benzene rings is 2. The molecule has 1 unspecified atom stereocenters. The third kappa shape index (κ3) is 6.54. The van der Waals surface area contributed by atoms with Crippen LogP contribution in [-0.4, -0.2) is 52.0 Å². The highest BCUT2D eigenvalue weighted by Gasteiger charge is 2.20. The maximum Gasteiger partial charge on any atom is 0.175 e. The summed E-state index contributed by atoms with van der Waals surface area (Å²) in [5.41, 5.74) is 1.99. The van der Waals surface area contributed by atoms with Crippen LogP contribution in [0, 0.1) is 5.92 Å². The highest BCUT2D eigenvalue weighted by atomic mass is 32.2. The predicted octanol–water partition coefficient (Wildman–Crippen LogP) is 4.60. The minimum Gasteiger partial charge on any atom is -0.493 e. The first-order valence-electron chi connectivity index (χ1n) is 10.2. The van der Waals surface area contributed by atoms with Crippen LogP contribution >= 0.6 is 0 Å². The summed E-state index contributed by atoms with van der Waals surface area (Å²) in [6.45, 7) is 5.20. The first-order valence-corrected chi connectivity index (χ1v) is 12.1. The van der Waals surface area contributed by atoms with Gasteiger partial charge in [0.25, 0.3) is 0 Å². The van der Waals surface area contributed by atoms with Gasteiger partial charge in [-0.3, -0.25) is 0 Å². The topological polar surface area (TPSA) is 46.6 Å². The molecule has 0 spiro atoms. The van der Waals surface area contributed by atoms with E-state index in [1.165, 1.54) is 6.26 Å². The Morgan fingerprint density at radius 2 is 1.59 bits per heavy atom. The van der Waals surface area contributed by atoms with Crippen LogP contribution in [0.4, 0.5) is 4.39 Å². The molecule has 1 aliphatic heterocycles. The number of rotatable bonds is 8. The maximum absolute atomic E-state index is 13.0. The molecule has 29 heavy (non-hydrogen) atoms. The molecule has 1 atom stereocenters. The van der Waals surface area contributed by atoms with Gasteiger partial charge in [-0.25, -0.2) is 12.8 Å². The molecule has 0 saturated carbocycles. The van der Waals surface area contributed by atoms with Crippen LogP contribution in [-0.2, 0) is 9.84 Å². The van der Waals surface area contributed by atoms with Gasteiger partial charge in [0.05, 0.1) is 17.7 Å². The number of likely N-dealkylation sites (tertiary alicyclic amines) is 1. The molecular formula is C23H30FNO3S. The lowest BCUT2D eigenvalue weighted by atomic mass is 9.97. The Balaban J connectivity index is 1.48. The van der Waals surface area contributed by atoms with Gasteiger partial charge in [-0.15, -0.1) is 0 Å². The molecule has 3 rings (SSSR count). The molecular weight excluding hydrogens is 389 g/mol. The summed E-state index contributed by atoms with van der Waals surface area (Å²) in [4.78, 5) is 2.67.